The fraction of sp³-hybridized carbons (Fsp3) is 0.750. The second-order valence-corrected chi connectivity index (χ2v) is 6.55. The van der Waals surface area contributed by atoms with Crippen LogP contribution in [-0.4, -0.2) is 65.8 Å². The maximum absolute atomic E-state index is 11.3. The van der Waals surface area contributed by atoms with E-state index in [-0.39, 0.29) is 24.2 Å². The summed E-state index contributed by atoms with van der Waals surface area (Å²) in [6.07, 6.45) is 4.70. The molecule has 1 spiro atoms. The Morgan fingerprint density at radius 2 is 2.35 bits per heavy atom. The molecule has 1 amide bonds. The van der Waals surface area contributed by atoms with Gasteiger partial charge in [0.25, 0.3) is 0 Å². The summed E-state index contributed by atoms with van der Waals surface area (Å²) in [5, 5.41) is 2.57. The van der Waals surface area contributed by atoms with Crippen molar-refractivity contribution in [1.29, 1.82) is 0 Å². The summed E-state index contributed by atoms with van der Waals surface area (Å²) in [5.41, 5.74) is 2.20. The molecule has 0 aromatic carbocycles. The summed E-state index contributed by atoms with van der Waals surface area (Å²) in [7, 11) is 1.62. The molecular weight excluding hydrogens is 296 g/mol. The van der Waals surface area contributed by atoms with Crippen LogP contribution in [0.1, 0.15) is 30.7 Å². The first-order valence-corrected chi connectivity index (χ1v) is 8.27. The Morgan fingerprint density at radius 1 is 1.57 bits per heavy atom. The third-order valence-electron chi connectivity index (χ3n) is 4.98. The lowest BCUT2D eigenvalue weighted by molar-refractivity contribution is -0.127. The van der Waals surface area contributed by atoms with Gasteiger partial charge in [-0.05, 0) is 19.8 Å². The van der Waals surface area contributed by atoms with Gasteiger partial charge in [-0.2, -0.15) is 0 Å². The molecule has 0 unspecified atom stereocenters. The number of rotatable bonds is 5. The number of carbonyl (C=O) groups excluding carboxylic acids is 1. The maximum Gasteiger partial charge on any atom is 0.245 e. The first-order valence-electron chi connectivity index (χ1n) is 8.27. The highest BCUT2D eigenvalue weighted by Gasteiger charge is 2.43. The molecule has 128 valence electrons. The van der Waals surface area contributed by atoms with Gasteiger partial charge in [0.2, 0.25) is 5.91 Å². The van der Waals surface area contributed by atoms with Crippen molar-refractivity contribution in [2.75, 3.05) is 33.4 Å². The van der Waals surface area contributed by atoms with Crippen LogP contribution >= 0.6 is 0 Å². The molecule has 0 radical (unpaired) electrons. The number of likely N-dealkylation sites (N-methyl/N-ethyl adjacent to an activating group) is 1. The molecule has 0 bridgehead atoms. The van der Waals surface area contributed by atoms with E-state index in [4.69, 9.17) is 9.47 Å². The van der Waals surface area contributed by atoms with Gasteiger partial charge in [-0.3, -0.25) is 9.69 Å². The summed E-state index contributed by atoms with van der Waals surface area (Å²) in [6, 6.07) is 0. The number of aromatic nitrogens is 2. The Hall–Kier alpha value is -1.44. The van der Waals surface area contributed by atoms with Crippen molar-refractivity contribution in [3.63, 3.8) is 0 Å². The Morgan fingerprint density at radius 3 is 3.00 bits per heavy atom. The van der Waals surface area contributed by atoms with Gasteiger partial charge in [0.15, 0.2) is 0 Å². The lowest BCUT2D eigenvalue weighted by atomic mass is 9.88. The number of piperidine rings is 1. The summed E-state index contributed by atoms with van der Waals surface area (Å²) in [5.74, 6) is -0.0878. The molecule has 2 aliphatic rings. The zero-order valence-corrected chi connectivity index (χ0v) is 13.9. The van der Waals surface area contributed by atoms with Crippen molar-refractivity contribution < 1.29 is 14.3 Å². The van der Waals surface area contributed by atoms with E-state index in [1.54, 1.807) is 13.4 Å². The fourth-order valence-corrected chi connectivity index (χ4v) is 3.40. The molecule has 2 saturated heterocycles. The van der Waals surface area contributed by atoms with Crippen LogP contribution in [0.15, 0.2) is 6.33 Å². The van der Waals surface area contributed by atoms with Gasteiger partial charge in [0.05, 0.1) is 30.3 Å². The van der Waals surface area contributed by atoms with Crippen molar-refractivity contribution in [1.82, 2.24) is 20.2 Å². The van der Waals surface area contributed by atoms with Crippen LogP contribution in [0.3, 0.4) is 0 Å². The van der Waals surface area contributed by atoms with E-state index in [0.717, 1.165) is 50.3 Å². The van der Waals surface area contributed by atoms with Crippen LogP contribution in [0.25, 0.3) is 0 Å². The molecule has 3 rings (SSSR count). The zero-order valence-electron chi connectivity index (χ0n) is 13.9. The highest BCUT2D eigenvalue weighted by Crippen LogP contribution is 2.37. The number of aromatic amines is 1. The topological polar surface area (TPSA) is 79.5 Å². The van der Waals surface area contributed by atoms with Gasteiger partial charge in [-0.1, -0.05) is 0 Å². The van der Waals surface area contributed by atoms with Gasteiger partial charge in [-0.15, -0.1) is 0 Å². The number of likely N-dealkylation sites (tertiary alicyclic amines) is 1. The van der Waals surface area contributed by atoms with E-state index >= 15 is 0 Å². The van der Waals surface area contributed by atoms with E-state index in [1.807, 2.05) is 0 Å². The Bertz CT molecular complexity index is 537. The molecule has 7 heteroatoms. The van der Waals surface area contributed by atoms with Crippen LogP contribution in [-0.2, 0) is 20.8 Å². The quantitative estimate of drug-likeness (QED) is 0.830. The number of hydrogen-bond donors (Lipinski definition) is 2. The molecule has 1 aromatic heterocycles. The average molecular weight is 322 g/mol. The van der Waals surface area contributed by atoms with Crippen molar-refractivity contribution in [2.24, 2.45) is 0 Å². The zero-order chi connectivity index (χ0) is 16.3. The summed E-state index contributed by atoms with van der Waals surface area (Å²) in [4.78, 5) is 21.2. The standard InChI is InChI=1S/C16H26N4O3/c1-12-14(19-11-18-12)8-20-5-3-16(4-6-20)7-13(9-23-16)22-10-15(21)17-2/h11,13H,3-10H2,1-2H3,(H,17,21)(H,18,19)/t13-/m0/s1. The number of nitrogens with zero attached hydrogens (tertiary/aromatic N) is 2. The van der Waals surface area contributed by atoms with E-state index < -0.39 is 0 Å². The number of aryl methyl sites for hydroxylation is 1. The molecule has 3 heterocycles. The number of carbonyl (C=O) groups is 1. The minimum Gasteiger partial charge on any atom is -0.372 e. The second kappa shape index (κ2) is 6.98. The van der Waals surface area contributed by atoms with Crippen molar-refractivity contribution in [3.05, 3.63) is 17.7 Å². The van der Waals surface area contributed by atoms with Crippen molar-refractivity contribution in [2.45, 2.75) is 44.4 Å². The van der Waals surface area contributed by atoms with E-state index in [1.165, 1.54) is 0 Å². The van der Waals surface area contributed by atoms with Crippen molar-refractivity contribution in [3.8, 4) is 0 Å². The molecule has 0 aliphatic carbocycles. The summed E-state index contributed by atoms with van der Waals surface area (Å²) in [6.45, 7) is 5.67. The number of imidazole rings is 1. The third kappa shape index (κ3) is 3.91. The summed E-state index contributed by atoms with van der Waals surface area (Å²) >= 11 is 0. The minimum atomic E-state index is -0.0878. The molecule has 1 aromatic rings. The van der Waals surface area contributed by atoms with Gasteiger partial charge in [-0.25, -0.2) is 4.98 Å². The first kappa shape index (κ1) is 16.4. The van der Waals surface area contributed by atoms with Crippen LogP contribution in [0, 0.1) is 6.92 Å². The second-order valence-electron chi connectivity index (χ2n) is 6.55. The number of hydrogen-bond acceptors (Lipinski definition) is 5. The lowest BCUT2D eigenvalue weighted by Crippen LogP contribution is -2.44. The van der Waals surface area contributed by atoms with Crippen LogP contribution < -0.4 is 5.32 Å². The maximum atomic E-state index is 11.3. The Balaban J connectivity index is 1.45. The van der Waals surface area contributed by atoms with Crippen molar-refractivity contribution >= 4 is 5.91 Å². The SMILES string of the molecule is CNC(=O)CO[C@@H]1COC2(CCN(Cc3nc[nH]c3C)CC2)C1. The van der Waals surface area contributed by atoms with Crippen LogP contribution in [0.4, 0.5) is 0 Å². The molecule has 2 aliphatic heterocycles. The largest absolute Gasteiger partial charge is 0.372 e. The number of amides is 1. The van der Waals surface area contributed by atoms with E-state index in [2.05, 4.69) is 27.1 Å². The molecule has 0 saturated carbocycles. The summed E-state index contributed by atoms with van der Waals surface area (Å²) < 4.78 is 11.7. The average Bonchev–Trinajstić information content (AvgIpc) is 3.15. The minimum absolute atomic E-state index is 0.0347. The Labute approximate surface area is 136 Å². The van der Waals surface area contributed by atoms with Gasteiger partial charge in [0.1, 0.15) is 6.61 Å². The molecule has 1 atom stereocenters. The Kier molecular flexibility index (Phi) is 4.99. The number of nitrogens with one attached hydrogen (secondary N) is 2. The smallest absolute Gasteiger partial charge is 0.245 e. The highest BCUT2D eigenvalue weighted by atomic mass is 16.6. The lowest BCUT2D eigenvalue weighted by Gasteiger charge is -2.38. The predicted molar refractivity (Wildman–Crippen MR) is 84.9 cm³/mol. The van der Waals surface area contributed by atoms with Crippen LogP contribution in [0.5, 0.6) is 0 Å². The first-order chi connectivity index (χ1) is 11.1. The van der Waals surface area contributed by atoms with E-state index in [0.29, 0.717) is 6.61 Å². The van der Waals surface area contributed by atoms with Gasteiger partial charge < -0.3 is 19.8 Å². The normalized spacial score (nSPS) is 24.2. The monoisotopic (exact) mass is 322 g/mol. The van der Waals surface area contributed by atoms with Crippen LogP contribution in [0.2, 0.25) is 0 Å². The molecule has 2 N–H and O–H groups in total. The number of ether oxygens (including phenoxy) is 2. The molecule has 7 nitrogen and oxygen atoms in total. The molecular formula is C16H26N4O3. The van der Waals surface area contributed by atoms with E-state index in [9.17, 15) is 4.79 Å². The van der Waals surface area contributed by atoms with Gasteiger partial charge >= 0.3 is 0 Å². The number of H-pyrrole nitrogens is 1. The predicted octanol–water partition coefficient (Wildman–Crippen LogP) is 0.604. The fourth-order valence-electron chi connectivity index (χ4n) is 3.40. The molecule has 23 heavy (non-hydrogen) atoms. The molecule has 2 fully saturated rings. The highest BCUT2D eigenvalue weighted by molar-refractivity contribution is 5.76. The van der Waals surface area contributed by atoms with Gasteiger partial charge in [0, 0.05) is 38.8 Å². The third-order valence-corrected chi connectivity index (χ3v) is 4.98.